The number of sulfonamides is 1. The molecule has 1 aromatic heterocycles. The number of H-pyrrole nitrogens is 1. The Bertz CT molecular complexity index is 1540. The highest BCUT2D eigenvalue weighted by Crippen LogP contribution is 2.29. The van der Waals surface area contributed by atoms with E-state index in [2.05, 4.69) is 15.0 Å². The number of alkyl halides is 1. The molecule has 4 aromatic rings. The van der Waals surface area contributed by atoms with Crippen LogP contribution in [0.3, 0.4) is 0 Å². The van der Waals surface area contributed by atoms with Gasteiger partial charge in [0.25, 0.3) is 0 Å². The highest BCUT2D eigenvalue weighted by atomic mass is 32.2. The lowest BCUT2D eigenvalue weighted by Gasteiger charge is -2.20. The van der Waals surface area contributed by atoms with Crippen LogP contribution in [0.5, 0.6) is 5.75 Å². The minimum Gasteiger partial charge on any atom is -0.476 e. The fourth-order valence-corrected chi connectivity index (χ4v) is 5.54. The van der Waals surface area contributed by atoms with Crippen molar-refractivity contribution in [3.63, 3.8) is 0 Å². The molecule has 0 spiro atoms. The molecule has 0 aliphatic carbocycles. The van der Waals surface area contributed by atoms with Gasteiger partial charge in [-0.15, -0.1) is 0 Å². The lowest BCUT2D eigenvalue weighted by atomic mass is 10.0. The third kappa shape index (κ3) is 7.45. The van der Waals surface area contributed by atoms with Gasteiger partial charge in [-0.1, -0.05) is 54.6 Å². The third-order valence-corrected chi connectivity index (χ3v) is 7.81. The van der Waals surface area contributed by atoms with E-state index in [4.69, 9.17) is 9.84 Å². The van der Waals surface area contributed by atoms with Crippen LogP contribution in [0.15, 0.2) is 90.0 Å². The van der Waals surface area contributed by atoms with Crippen LogP contribution in [0.4, 0.5) is 4.39 Å². The van der Waals surface area contributed by atoms with Crippen LogP contribution < -0.4 is 14.8 Å². The van der Waals surface area contributed by atoms with Gasteiger partial charge in [0.2, 0.25) is 15.9 Å². The van der Waals surface area contributed by atoms with Crippen molar-refractivity contribution in [2.24, 2.45) is 0 Å². The topological polar surface area (TPSA) is 138 Å². The summed E-state index contributed by atoms with van der Waals surface area (Å²) < 4.78 is 47.4. The summed E-state index contributed by atoms with van der Waals surface area (Å²) in [6, 6.07) is 21.2. The van der Waals surface area contributed by atoms with E-state index in [1.807, 2.05) is 30.3 Å². The van der Waals surface area contributed by atoms with Crippen LogP contribution in [0.2, 0.25) is 0 Å². The second kappa shape index (κ2) is 13.2. The number of amides is 1. The standard InChI is InChI=1S/C29H30FN3O6S/c30-27(29(35)36)39-25-15-14-21(23-16-18-31-26(23)25)19-24(33-40(37,38)22-12-5-2-6-13-22)28(34)32-17-8-7-11-20-9-3-1-4-10-20/h1-6,9-10,12-16,18,24,27,31,33H,7-8,11,17,19H2,(H,32,34)(H,35,36). The summed E-state index contributed by atoms with van der Waals surface area (Å²) in [7, 11) is -4.03. The molecular formula is C29H30FN3O6S. The van der Waals surface area contributed by atoms with Crippen LogP contribution in [0.25, 0.3) is 10.9 Å². The molecule has 2 unspecified atom stereocenters. The predicted molar refractivity (Wildman–Crippen MR) is 148 cm³/mol. The van der Waals surface area contributed by atoms with Crippen LogP contribution in [0, 0.1) is 0 Å². The van der Waals surface area contributed by atoms with Crippen molar-refractivity contribution in [2.75, 3.05) is 6.54 Å². The molecule has 0 saturated heterocycles. The number of rotatable bonds is 14. The zero-order valence-electron chi connectivity index (χ0n) is 21.5. The van der Waals surface area contributed by atoms with Gasteiger partial charge in [0, 0.05) is 18.1 Å². The molecule has 1 amide bonds. The highest BCUT2D eigenvalue weighted by molar-refractivity contribution is 7.89. The van der Waals surface area contributed by atoms with E-state index < -0.39 is 34.3 Å². The number of ether oxygens (including phenoxy) is 1. The Morgan fingerprint density at radius 3 is 2.35 bits per heavy atom. The lowest BCUT2D eigenvalue weighted by Crippen LogP contribution is -2.48. The van der Waals surface area contributed by atoms with E-state index in [9.17, 15) is 22.4 Å². The largest absolute Gasteiger partial charge is 0.476 e. The first-order valence-corrected chi connectivity index (χ1v) is 14.2. The third-order valence-electron chi connectivity index (χ3n) is 6.33. The van der Waals surface area contributed by atoms with Crippen LogP contribution >= 0.6 is 0 Å². The molecule has 210 valence electrons. The number of carboxylic acids is 1. The molecular weight excluding hydrogens is 537 g/mol. The number of nitrogens with one attached hydrogen (secondary N) is 3. The maximum Gasteiger partial charge on any atom is 0.378 e. The quantitative estimate of drug-likeness (QED) is 0.170. The number of fused-ring (bicyclic) bond motifs is 1. The first kappa shape index (κ1) is 28.8. The van der Waals surface area contributed by atoms with Gasteiger partial charge in [-0.05, 0) is 61.1 Å². The SMILES string of the molecule is O=C(NCCCCc1ccccc1)C(Cc1ccc(OC(F)C(=O)O)c2[nH]ccc12)NS(=O)(=O)c1ccccc1. The molecule has 0 aliphatic rings. The molecule has 3 aromatic carbocycles. The van der Waals surface area contributed by atoms with Gasteiger partial charge in [0.05, 0.1) is 10.4 Å². The zero-order chi connectivity index (χ0) is 28.5. The molecule has 9 nitrogen and oxygen atoms in total. The number of hydrogen-bond acceptors (Lipinski definition) is 5. The van der Waals surface area contributed by atoms with Crippen molar-refractivity contribution in [3.8, 4) is 5.75 Å². The molecule has 4 N–H and O–H groups in total. The number of benzene rings is 3. The van der Waals surface area contributed by atoms with E-state index in [0.717, 1.165) is 12.8 Å². The van der Waals surface area contributed by atoms with Crippen molar-refractivity contribution in [1.82, 2.24) is 15.0 Å². The first-order chi connectivity index (χ1) is 19.2. The molecule has 2 atom stereocenters. The van der Waals surface area contributed by atoms with E-state index >= 15 is 0 Å². The van der Waals surface area contributed by atoms with Crippen molar-refractivity contribution < 1.29 is 32.2 Å². The average molecular weight is 568 g/mol. The van der Waals surface area contributed by atoms with Gasteiger partial charge in [-0.25, -0.2) is 13.2 Å². The van der Waals surface area contributed by atoms with Crippen LogP contribution in [0.1, 0.15) is 24.0 Å². The second-order valence-corrected chi connectivity index (χ2v) is 10.9. The number of carboxylic acid groups (broad SMARTS) is 1. The maximum absolute atomic E-state index is 13.7. The Labute approximate surface area is 231 Å². The summed E-state index contributed by atoms with van der Waals surface area (Å²) >= 11 is 0. The Morgan fingerprint density at radius 1 is 0.950 bits per heavy atom. The smallest absolute Gasteiger partial charge is 0.378 e. The number of carbonyl (C=O) groups excluding carboxylic acids is 1. The number of aromatic nitrogens is 1. The molecule has 11 heteroatoms. The normalized spacial score (nSPS) is 13.0. The lowest BCUT2D eigenvalue weighted by molar-refractivity contribution is -0.153. The number of hydrogen-bond donors (Lipinski definition) is 4. The molecule has 0 radical (unpaired) electrons. The van der Waals surface area contributed by atoms with E-state index in [-0.39, 0.29) is 17.1 Å². The monoisotopic (exact) mass is 567 g/mol. The summed E-state index contributed by atoms with van der Waals surface area (Å²) in [6.45, 7) is 0.370. The van der Waals surface area contributed by atoms with E-state index in [1.165, 1.54) is 23.8 Å². The fraction of sp³-hybridized carbons (Fsp3) is 0.241. The number of aromatic amines is 1. The van der Waals surface area contributed by atoms with Crippen molar-refractivity contribution in [2.45, 2.75) is 43.0 Å². The summed E-state index contributed by atoms with van der Waals surface area (Å²) in [5, 5.41) is 12.2. The van der Waals surface area contributed by atoms with Gasteiger partial charge in [-0.3, -0.25) is 4.79 Å². The number of aliphatic carboxylic acids is 1. The maximum atomic E-state index is 13.7. The van der Waals surface area contributed by atoms with E-state index in [1.54, 1.807) is 36.5 Å². The Hall–Kier alpha value is -4.22. The number of halogens is 1. The molecule has 0 fully saturated rings. The Kier molecular flexibility index (Phi) is 9.52. The van der Waals surface area contributed by atoms with Crippen LogP contribution in [-0.2, 0) is 32.5 Å². The minimum atomic E-state index is -4.03. The second-order valence-electron chi connectivity index (χ2n) is 9.19. The fourth-order valence-electron chi connectivity index (χ4n) is 4.32. The minimum absolute atomic E-state index is 0.0193. The molecule has 0 saturated carbocycles. The van der Waals surface area contributed by atoms with Crippen molar-refractivity contribution in [3.05, 3.63) is 96.2 Å². The highest BCUT2D eigenvalue weighted by Gasteiger charge is 2.27. The number of unbranched alkanes of at least 4 members (excludes halogenated alkanes) is 1. The van der Waals surface area contributed by atoms with Gasteiger partial charge in [0.1, 0.15) is 11.8 Å². The predicted octanol–water partition coefficient (Wildman–Crippen LogP) is 3.96. The van der Waals surface area contributed by atoms with E-state index in [0.29, 0.717) is 29.4 Å². The molecule has 0 aliphatic heterocycles. The first-order valence-electron chi connectivity index (χ1n) is 12.8. The molecule has 1 heterocycles. The summed E-state index contributed by atoms with van der Waals surface area (Å²) in [5.74, 6) is -2.28. The van der Waals surface area contributed by atoms with Crippen LogP contribution in [-0.4, -0.2) is 49.3 Å². The van der Waals surface area contributed by atoms with Crippen molar-refractivity contribution >= 4 is 32.8 Å². The van der Waals surface area contributed by atoms with Gasteiger partial charge >= 0.3 is 12.3 Å². The van der Waals surface area contributed by atoms with Gasteiger partial charge in [-0.2, -0.15) is 9.11 Å². The summed E-state index contributed by atoms with van der Waals surface area (Å²) in [6.07, 6.45) is 1.40. The Morgan fingerprint density at radius 2 is 1.65 bits per heavy atom. The molecule has 40 heavy (non-hydrogen) atoms. The zero-order valence-corrected chi connectivity index (χ0v) is 22.4. The average Bonchev–Trinajstić information content (AvgIpc) is 3.45. The van der Waals surface area contributed by atoms with Gasteiger partial charge < -0.3 is 20.1 Å². The number of aryl methyl sites for hydroxylation is 1. The summed E-state index contributed by atoms with van der Waals surface area (Å²) in [4.78, 5) is 27.1. The number of carbonyl (C=O) groups is 2. The molecule has 0 bridgehead atoms. The van der Waals surface area contributed by atoms with Gasteiger partial charge in [0.15, 0.2) is 0 Å². The van der Waals surface area contributed by atoms with Crippen molar-refractivity contribution in [1.29, 1.82) is 0 Å². The molecule has 4 rings (SSSR count). The summed E-state index contributed by atoms with van der Waals surface area (Å²) in [5.41, 5.74) is 2.11. The Balaban J connectivity index is 1.50.